The molecule has 2 N–H and O–H groups in total. The lowest BCUT2D eigenvalue weighted by Gasteiger charge is -2.24. The van der Waals surface area contributed by atoms with Gasteiger partial charge in [-0.15, -0.1) is 0 Å². The fraction of sp³-hybridized carbons (Fsp3) is 0.333. The van der Waals surface area contributed by atoms with Crippen LogP contribution in [0.25, 0.3) is 0 Å². The Morgan fingerprint density at radius 1 is 0.464 bits per heavy atom. The molecule has 0 atom stereocenters. The largest absolute Gasteiger partial charge is 0.536 e. The predicted octanol–water partition coefficient (Wildman–Crippen LogP) is 0.955. The first-order valence-corrected chi connectivity index (χ1v) is 11.7. The van der Waals surface area contributed by atoms with Crippen molar-refractivity contribution in [2.75, 3.05) is 42.7 Å². The summed E-state index contributed by atoms with van der Waals surface area (Å²) in [6.45, 7) is 0. The molecule has 2 rings (SSSR count). The Labute approximate surface area is 167 Å². The highest BCUT2D eigenvalue weighted by atomic mass is 28.4. The second kappa shape index (κ2) is 11.3. The number of benzene rings is 2. The molecule has 28 heavy (non-hydrogen) atoms. The zero-order chi connectivity index (χ0) is 21.2. The smallest absolute Gasteiger partial charge is 0.508 e. The minimum absolute atomic E-state index is 0.208. The van der Waals surface area contributed by atoms with Crippen molar-refractivity contribution in [2.45, 2.75) is 0 Å². The minimum Gasteiger partial charge on any atom is -0.508 e. The number of aromatic hydroxyl groups is 2. The number of hydrogen-bond acceptors (Lipinski definition) is 8. The molecule has 0 aliphatic carbocycles. The average Bonchev–Trinajstić information content (AvgIpc) is 2.74. The lowest BCUT2D eigenvalue weighted by Crippen LogP contribution is -2.54. The fourth-order valence-electron chi connectivity index (χ4n) is 2.54. The van der Waals surface area contributed by atoms with E-state index in [1.165, 1.54) is 0 Å². The van der Waals surface area contributed by atoms with Gasteiger partial charge in [-0.1, -0.05) is 24.3 Å². The van der Waals surface area contributed by atoms with Gasteiger partial charge in [0.25, 0.3) is 0 Å². The fourth-order valence-corrected chi connectivity index (χ4v) is 6.10. The molecule has 0 bridgehead atoms. The molecular formula is C18H28O8Si2. The van der Waals surface area contributed by atoms with Crippen LogP contribution >= 0.6 is 0 Å². The molecule has 0 aliphatic rings. The van der Waals surface area contributed by atoms with E-state index in [0.29, 0.717) is 0 Å². The molecule has 156 valence electrons. The second-order valence-corrected chi connectivity index (χ2v) is 11.3. The van der Waals surface area contributed by atoms with E-state index in [-0.39, 0.29) is 11.5 Å². The number of hydrogen-bond donors (Lipinski definition) is 2. The summed E-state index contributed by atoms with van der Waals surface area (Å²) in [5, 5.41) is 19.9. The van der Waals surface area contributed by atoms with Crippen LogP contribution in [0, 0.1) is 0 Å². The summed E-state index contributed by atoms with van der Waals surface area (Å²) < 4.78 is 31.6. The number of phenols is 2. The third kappa shape index (κ3) is 5.62. The van der Waals surface area contributed by atoms with Gasteiger partial charge in [0.2, 0.25) is 0 Å². The lowest BCUT2D eigenvalue weighted by atomic mass is 10.3. The van der Waals surface area contributed by atoms with E-state index >= 15 is 0 Å². The van der Waals surface area contributed by atoms with Gasteiger partial charge in [0.1, 0.15) is 11.5 Å². The Balaban J connectivity index is 0.000000280. The minimum atomic E-state index is -2.73. The van der Waals surface area contributed by atoms with Crippen molar-refractivity contribution in [2.24, 2.45) is 0 Å². The monoisotopic (exact) mass is 428 g/mol. The van der Waals surface area contributed by atoms with Crippen LogP contribution < -0.4 is 10.4 Å². The molecule has 0 unspecified atom stereocenters. The van der Waals surface area contributed by atoms with E-state index in [0.717, 1.165) is 10.4 Å². The molecule has 2 aromatic rings. The van der Waals surface area contributed by atoms with Crippen LogP contribution in [0.2, 0.25) is 0 Å². The molecule has 0 amide bonds. The van der Waals surface area contributed by atoms with Crippen molar-refractivity contribution in [3.8, 4) is 11.5 Å². The van der Waals surface area contributed by atoms with Crippen LogP contribution in [0.4, 0.5) is 0 Å². The van der Waals surface area contributed by atoms with Gasteiger partial charge in [-0.2, -0.15) is 0 Å². The van der Waals surface area contributed by atoms with E-state index in [1.54, 1.807) is 91.2 Å². The van der Waals surface area contributed by atoms with Crippen molar-refractivity contribution in [3.05, 3.63) is 48.5 Å². The Bertz CT molecular complexity index is 608. The molecule has 0 aromatic heterocycles. The van der Waals surface area contributed by atoms with E-state index < -0.39 is 17.6 Å². The van der Waals surface area contributed by atoms with Crippen molar-refractivity contribution in [1.29, 1.82) is 0 Å². The Kier molecular flexibility index (Phi) is 9.78. The molecule has 0 aliphatic heterocycles. The Morgan fingerprint density at radius 2 is 0.679 bits per heavy atom. The average molecular weight is 429 g/mol. The first-order valence-electron chi connectivity index (χ1n) is 8.26. The standard InChI is InChI=1S/2C9H14O4Si/c2*1-11-14(12-2,13-3)9-6-4-8(10)5-7-9/h2*4-7,10H,1-3H3. The third-order valence-electron chi connectivity index (χ3n) is 4.05. The molecule has 0 saturated heterocycles. The van der Waals surface area contributed by atoms with Gasteiger partial charge in [-0.25, -0.2) is 0 Å². The van der Waals surface area contributed by atoms with Crippen molar-refractivity contribution in [1.82, 2.24) is 0 Å². The van der Waals surface area contributed by atoms with Gasteiger partial charge in [0, 0.05) is 53.0 Å². The zero-order valence-corrected chi connectivity index (χ0v) is 19.0. The quantitative estimate of drug-likeness (QED) is 0.600. The van der Waals surface area contributed by atoms with Crippen LogP contribution in [0.3, 0.4) is 0 Å². The summed E-state index contributed by atoms with van der Waals surface area (Å²) in [6.07, 6.45) is 0. The van der Waals surface area contributed by atoms with Gasteiger partial charge in [0.15, 0.2) is 0 Å². The summed E-state index contributed by atoms with van der Waals surface area (Å²) in [6, 6.07) is 13.2. The van der Waals surface area contributed by atoms with Crippen LogP contribution in [-0.4, -0.2) is 70.5 Å². The highest BCUT2D eigenvalue weighted by molar-refractivity contribution is 6.75. The number of rotatable bonds is 8. The molecule has 0 spiro atoms. The molecule has 0 radical (unpaired) electrons. The van der Waals surface area contributed by atoms with Gasteiger partial charge in [0.05, 0.1) is 0 Å². The summed E-state index contributed by atoms with van der Waals surface area (Å²) >= 11 is 0. The Morgan fingerprint density at radius 3 is 0.857 bits per heavy atom. The van der Waals surface area contributed by atoms with Crippen LogP contribution in [-0.2, 0) is 26.6 Å². The van der Waals surface area contributed by atoms with Gasteiger partial charge >= 0.3 is 17.6 Å². The highest BCUT2D eigenvalue weighted by Gasteiger charge is 2.41. The maximum atomic E-state index is 9.13. The third-order valence-corrected chi connectivity index (χ3v) is 9.36. The predicted molar refractivity (Wildman–Crippen MR) is 109 cm³/mol. The van der Waals surface area contributed by atoms with E-state index in [4.69, 9.17) is 36.8 Å². The summed E-state index contributed by atoms with van der Waals surface area (Å²) in [4.78, 5) is 0. The topological polar surface area (TPSA) is 95.8 Å². The van der Waals surface area contributed by atoms with Crippen LogP contribution in [0.1, 0.15) is 0 Å². The van der Waals surface area contributed by atoms with E-state index in [9.17, 15) is 0 Å². The Hall–Kier alpha value is -1.77. The van der Waals surface area contributed by atoms with Crippen molar-refractivity contribution in [3.63, 3.8) is 0 Å². The first-order chi connectivity index (χ1) is 13.4. The maximum Gasteiger partial charge on any atom is 0.536 e. The normalized spacial score (nSPS) is 11.6. The van der Waals surface area contributed by atoms with Gasteiger partial charge < -0.3 is 36.8 Å². The van der Waals surface area contributed by atoms with Crippen LogP contribution in [0.15, 0.2) is 48.5 Å². The molecule has 8 nitrogen and oxygen atoms in total. The highest BCUT2D eigenvalue weighted by Crippen LogP contribution is 2.11. The van der Waals surface area contributed by atoms with E-state index in [2.05, 4.69) is 0 Å². The van der Waals surface area contributed by atoms with Gasteiger partial charge in [-0.3, -0.25) is 0 Å². The molecule has 0 saturated carbocycles. The molecule has 0 fully saturated rings. The lowest BCUT2D eigenvalue weighted by molar-refractivity contribution is 0.140. The summed E-state index contributed by atoms with van der Waals surface area (Å²) in [5.41, 5.74) is 0. The molecular weight excluding hydrogens is 400 g/mol. The number of phenolic OH excluding ortho intramolecular Hbond substituents is 2. The molecule has 10 heteroatoms. The second-order valence-electron chi connectivity index (χ2n) is 5.43. The van der Waals surface area contributed by atoms with Crippen molar-refractivity contribution >= 4 is 28.0 Å². The first kappa shape index (κ1) is 24.3. The zero-order valence-electron chi connectivity index (χ0n) is 17.0. The summed E-state index contributed by atoms with van der Waals surface area (Å²) in [5.74, 6) is 0.417. The van der Waals surface area contributed by atoms with Gasteiger partial charge in [-0.05, 0) is 24.3 Å². The van der Waals surface area contributed by atoms with Crippen molar-refractivity contribution < 1.29 is 36.8 Å². The maximum absolute atomic E-state index is 9.13. The molecule has 0 heterocycles. The summed E-state index contributed by atoms with van der Waals surface area (Å²) in [7, 11) is 3.83. The SMILES string of the molecule is CO[Si](OC)(OC)c1ccc(O)cc1.CO[Si](OC)(OC)c1ccc(O)cc1. The molecule has 2 aromatic carbocycles. The van der Waals surface area contributed by atoms with E-state index in [1.807, 2.05) is 0 Å². The van der Waals surface area contributed by atoms with Crippen LogP contribution in [0.5, 0.6) is 11.5 Å².